The van der Waals surface area contributed by atoms with E-state index in [4.69, 9.17) is 4.43 Å². The fraction of sp³-hybridized carbons (Fsp3) is 0.250. The van der Waals surface area contributed by atoms with Crippen molar-refractivity contribution in [3.8, 4) is 0 Å². The molecule has 0 spiro atoms. The molecule has 0 fully saturated rings. The molecule has 3 aromatic rings. The number of benzene rings is 3. The highest BCUT2D eigenvalue weighted by Gasteiger charge is 2.49. The summed E-state index contributed by atoms with van der Waals surface area (Å²) in [5.41, 5.74) is -0.0644. The van der Waals surface area contributed by atoms with Crippen LogP contribution in [-0.4, -0.2) is 26.4 Å². The van der Waals surface area contributed by atoms with E-state index in [-0.39, 0.29) is 20.9 Å². The van der Waals surface area contributed by atoms with Crippen molar-refractivity contribution in [1.29, 1.82) is 0 Å². The van der Waals surface area contributed by atoms with Crippen LogP contribution in [0.3, 0.4) is 0 Å². The number of nitrogens with zero attached hydrogens (tertiary/aromatic N) is 1. The topological polar surface area (TPSA) is 64.4 Å². The molecule has 3 rings (SSSR count). The van der Waals surface area contributed by atoms with Gasteiger partial charge in [0.2, 0.25) is 0 Å². The molecule has 1 N–H and O–H groups in total. The molecule has 0 atom stereocenters. The SMILES string of the molecule is CC(C)(C)[Si](OCCNc1cc(Br)c(F)cc1[N+](=O)[O-])(c1ccccc1)c1ccccc1. The summed E-state index contributed by atoms with van der Waals surface area (Å²) >= 11 is 3.10. The van der Waals surface area contributed by atoms with E-state index in [0.717, 1.165) is 16.4 Å². The number of nitro benzene ring substituents is 1. The van der Waals surface area contributed by atoms with Gasteiger partial charge in [-0.25, -0.2) is 4.39 Å². The Morgan fingerprint density at radius 2 is 1.56 bits per heavy atom. The zero-order valence-electron chi connectivity index (χ0n) is 18.3. The maximum atomic E-state index is 13.8. The summed E-state index contributed by atoms with van der Waals surface area (Å²) in [7, 11) is -2.69. The van der Waals surface area contributed by atoms with E-state index in [2.05, 4.69) is 66.3 Å². The van der Waals surface area contributed by atoms with E-state index in [1.807, 2.05) is 36.4 Å². The molecule has 0 heterocycles. The second kappa shape index (κ2) is 9.93. The molecule has 0 amide bonds. The highest BCUT2D eigenvalue weighted by atomic mass is 79.9. The lowest BCUT2D eigenvalue weighted by molar-refractivity contribution is -0.384. The zero-order chi connectivity index (χ0) is 23.4. The quantitative estimate of drug-likeness (QED) is 0.186. The van der Waals surface area contributed by atoms with Crippen LogP contribution in [0.5, 0.6) is 0 Å². The molecule has 32 heavy (non-hydrogen) atoms. The second-order valence-electron chi connectivity index (χ2n) is 8.48. The minimum absolute atomic E-state index is 0.165. The molecule has 5 nitrogen and oxygen atoms in total. The molecule has 0 radical (unpaired) electrons. The van der Waals surface area contributed by atoms with Gasteiger partial charge in [0.15, 0.2) is 0 Å². The summed E-state index contributed by atoms with van der Waals surface area (Å²) in [4.78, 5) is 10.7. The molecule has 0 aliphatic heterocycles. The number of halogens is 2. The minimum Gasteiger partial charge on any atom is -0.406 e. The second-order valence-corrected chi connectivity index (χ2v) is 13.6. The molecular weight excluding hydrogens is 491 g/mol. The summed E-state index contributed by atoms with van der Waals surface area (Å²) in [5, 5.41) is 16.5. The number of nitro groups is 1. The lowest BCUT2D eigenvalue weighted by Crippen LogP contribution is -2.66. The van der Waals surface area contributed by atoms with Crippen LogP contribution in [0, 0.1) is 15.9 Å². The van der Waals surface area contributed by atoms with Gasteiger partial charge in [-0.05, 0) is 37.4 Å². The van der Waals surface area contributed by atoms with Crippen LogP contribution in [-0.2, 0) is 4.43 Å². The first-order valence-electron chi connectivity index (χ1n) is 10.3. The van der Waals surface area contributed by atoms with E-state index in [0.29, 0.717) is 13.2 Å². The molecule has 168 valence electrons. The third-order valence-corrected chi connectivity index (χ3v) is 11.0. The summed E-state index contributed by atoms with van der Waals surface area (Å²) in [5.74, 6) is -0.675. The summed E-state index contributed by atoms with van der Waals surface area (Å²) in [6, 6.07) is 22.8. The van der Waals surface area contributed by atoms with Gasteiger partial charge < -0.3 is 9.74 Å². The van der Waals surface area contributed by atoms with Crippen LogP contribution in [0.1, 0.15) is 20.8 Å². The fourth-order valence-electron chi connectivity index (χ4n) is 3.98. The zero-order valence-corrected chi connectivity index (χ0v) is 20.9. The van der Waals surface area contributed by atoms with Gasteiger partial charge in [-0.15, -0.1) is 0 Å². The number of nitrogens with one attached hydrogen (secondary N) is 1. The van der Waals surface area contributed by atoms with Crippen LogP contribution in [0.2, 0.25) is 5.04 Å². The Hall–Kier alpha value is -2.55. The first-order valence-corrected chi connectivity index (χ1v) is 13.0. The molecule has 0 saturated heterocycles. The Bertz CT molecular complexity index is 1040. The number of rotatable bonds is 8. The predicted molar refractivity (Wildman–Crippen MR) is 133 cm³/mol. The monoisotopic (exact) mass is 516 g/mol. The average molecular weight is 517 g/mol. The summed E-state index contributed by atoms with van der Waals surface area (Å²) < 4.78 is 20.7. The third kappa shape index (κ3) is 4.92. The van der Waals surface area contributed by atoms with Crippen molar-refractivity contribution in [2.75, 3.05) is 18.5 Å². The van der Waals surface area contributed by atoms with Gasteiger partial charge in [-0.2, -0.15) is 0 Å². The van der Waals surface area contributed by atoms with Crippen LogP contribution in [0.4, 0.5) is 15.8 Å². The molecule has 3 aromatic carbocycles. The maximum absolute atomic E-state index is 13.8. The lowest BCUT2D eigenvalue weighted by Gasteiger charge is -2.43. The van der Waals surface area contributed by atoms with Gasteiger partial charge in [-0.1, -0.05) is 81.4 Å². The Balaban J connectivity index is 1.90. The van der Waals surface area contributed by atoms with Gasteiger partial charge in [0.05, 0.1) is 22.1 Å². The molecule has 0 aromatic heterocycles. The van der Waals surface area contributed by atoms with E-state index < -0.39 is 19.1 Å². The normalized spacial score (nSPS) is 11.9. The molecule has 0 saturated carbocycles. The lowest BCUT2D eigenvalue weighted by atomic mass is 10.2. The minimum atomic E-state index is -2.69. The van der Waals surface area contributed by atoms with E-state index in [1.54, 1.807) is 0 Å². The van der Waals surface area contributed by atoms with E-state index in [1.165, 1.54) is 6.07 Å². The highest BCUT2D eigenvalue weighted by molar-refractivity contribution is 9.10. The number of hydrogen-bond donors (Lipinski definition) is 1. The van der Waals surface area contributed by atoms with Crippen molar-refractivity contribution in [1.82, 2.24) is 0 Å². The molecule has 0 bridgehead atoms. The third-order valence-electron chi connectivity index (χ3n) is 5.39. The van der Waals surface area contributed by atoms with Crippen LogP contribution in [0.25, 0.3) is 0 Å². The van der Waals surface area contributed by atoms with Crippen molar-refractivity contribution < 1.29 is 13.7 Å². The van der Waals surface area contributed by atoms with Crippen molar-refractivity contribution >= 4 is 46.0 Å². The van der Waals surface area contributed by atoms with Crippen LogP contribution >= 0.6 is 15.9 Å². The highest BCUT2D eigenvalue weighted by Crippen LogP contribution is 2.37. The average Bonchev–Trinajstić information content (AvgIpc) is 2.76. The van der Waals surface area contributed by atoms with Gasteiger partial charge in [0.25, 0.3) is 14.0 Å². The van der Waals surface area contributed by atoms with Gasteiger partial charge >= 0.3 is 0 Å². The van der Waals surface area contributed by atoms with Crippen molar-refractivity contribution in [2.45, 2.75) is 25.8 Å². The van der Waals surface area contributed by atoms with E-state index in [9.17, 15) is 14.5 Å². The van der Waals surface area contributed by atoms with Gasteiger partial charge in [-0.3, -0.25) is 10.1 Å². The molecule has 8 heteroatoms. The summed E-state index contributed by atoms with van der Waals surface area (Å²) in [6.07, 6.45) is 0. The summed E-state index contributed by atoms with van der Waals surface area (Å²) in [6.45, 7) is 7.24. The van der Waals surface area contributed by atoms with Gasteiger partial charge in [0, 0.05) is 6.54 Å². The Morgan fingerprint density at radius 1 is 1.03 bits per heavy atom. The Morgan fingerprint density at radius 3 is 2.03 bits per heavy atom. The van der Waals surface area contributed by atoms with E-state index >= 15 is 0 Å². The van der Waals surface area contributed by atoms with Crippen LogP contribution in [0.15, 0.2) is 77.3 Å². The van der Waals surface area contributed by atoms with Crippen molar-refractivity contribution in [2.24, 2.45) is 0 Å². The molecular formula is C24H26BrFN2O3Si. The predicted octanol–water partition coefficient (Wildman–Crippen LogP) is 5.48. The fourth-order valence-corrected chi connectivity index (χ4v) is 8.89. The largest absolute Gasteiger partial charge is 0.406 e. The molecule has 0 unspecified atom stereocenters. The molecule has 0 aliphatic carbocycles. The smallest absolute Gasteiger partial charge is 0.295 e. The van der Waals surface area contributed by atoms with Crippen molar-refractivity contribution in [3.63, 3.8) is 0 Å². The molecule has 0 aliphatic rings. The first kappa shape index (κ1) is 24.1. The Kier molecular flexibility index (Phi) is 7.48. The Labute approximate surface area is 197 Å². The number of hydrogen-bond acceptors (Lipinski definition) is 4. The standard InChI is InChI=1S/C24H26BrFN2O3Si/c1-24(2,3)32(18-10-6-4-7-11-18,19-12-8-5-9-13-19)31-15-14-27-22-16-20(25)21(26)17-23(22)28(29)30/h4-13,16-17,27H,14-15H2,1-3H3. The van der Waals surface area contributed by atoms with Crippen LogP contribution < -0.4 is 15.7 Å². The van der Waals surface area contributed by atoms with Crippen molar-refractivity contribution in [3.05, 3.63) is 93.2 Å². The van der Waals surface area contributed by atoms with Gasteiger partial charge in [0.1, 0.15) is 11.5 Å². The maximum Gasteiger partial charge on any atom is 0.295 e. The number of anilines is 1. The first-order chi connectivity index (χ1) is 15.2.